The van der Waals surface area contributed by atoms with Crippen LogP contribution in [0, 0.1) is 35.5 Å². The Morgan fingerprint density at radius 1 is 0.644 bits per heavy atom. The number of rotatable bonds is 9. The molecule has 0 spiro atoms. The molecule has 0 aromatic carbocycles. The Morgan fingerprint density at radius 3 is 1.47 bits per heavy atom. The molecule has 2 aliphatic heterocycles. The summed E-state index contributed by atoms with van der Waals surface area (Å²) in [5.74, 6) is 5.82. The SMILES string of the molecule is CCCC1CCC(C2CCN(c3cnc(=O)[nH]c3)CC2)CC1.CCCC1CCC(C2CCN(c3cnc(OC)nc3)CC2)CC1. The Labute approximate surface area is 272 Å². The maximum Gasteiger partial charge on any atom is 0.345 e. The molecule has 4 fully saturated rings. The lowest BCUT2D eigenvalue weighted by atomic mass is 9.72. The van der Waals surface area contributed by atoms with Crippen LogP contribution in [0.3, 0.4) is 0 Å². The third-order valence-electron chi connectivity index (χ3n) is 11.8. The summed E-state index contributed by atoms with van der Waals surface area (Å²) in [4.78, 5) is 30.8. The number of anilines is 2. The van der Waals surface area contributed by atoms with E-state index in [1.54, 1.807) is 19.5 Å². The fourth-order valence-corrected chi connectivity index (χ4v) is 9.06. The second-order valence-electron chi connectivity index (χ2n) is 14.5. The lowest BCUT2D eigenvalue weighted by Gasteiger charge is -2.39. The summed E-state index contributed by atoms with van der Waals surface area (Å²) in [6.45, 7) is 9.14. The zero-order chi connectivity index (χ0) is 31.4. The first-order valence-corrected chi connectivity index (χ1v) is 18.5. The smallest absolute Gasteiger partial charge is 0.345 e. The summed E-state index contributed by atoms with van der Waals surface area (Å²) in [6, 6.07) is 0.451. The highest BCUT2D eigenvalue weighted by Gasteiger charge is 2.31. The number of aromatic amines is 1. The minimum atomic E-state index is -0.262. The Bertz CT molecular complexity index is 1140. The fourth-order valence-electron chi connectivity index (χ4n) is 9.06. The average Bonchev–Trinajstić information content (AvgIpc) is 3.10. The molecular weight excluding hydrogens is 560 g/mol. The van der Waals surface area contributed by atoms with E-state index in [0.29, 0.717) is 6.01 Å². The molecule has 0 bridgehead atoms. The second kappa shape index (κ2) is 17.3. The third kappa shape index (κ3) is 9.68. The molecule has 0 radical (unpaired) electrons. The molecule has 250 valence electrons. The van der Waals surface area contributed by atoms with Crippen LogP contribution in [0.5, 0.6) is 6.01 Å². The van der Waals surface area contributed by atoms with Gasteiger partial charge in [-0.3, -0.25) is 0 Å². The van der Waals surface area contributed by atoms with Gasteiger partial charge < -0.3 is 19.5 Å². The zero-order valence-corrected chi connectivity index (χ0v) is 28.5. The third-order valence-corrected chi connectivity index (χ3v) is 11.8. The van der Waals surface area contributed by atoms with Gasteiger partial charge in [-0.15, -0.1) is 0 Å². The van der Waals surface area contributed by atoms with Gasteiger partial charge in [0.2, 0.25) is 0 Å². The van der Waals surface area contributed by atoms with E-state index in [9.17, 15) is 4.79 Å². The number of methoxy groups -OCH3 is 1. The molecule has 0 amide bonds. The highest BCUT2D eigenvalue weighted by molar-refractivity contribution is 5.43. The maximum atomic E-state index is 11.1. The number of nitrogens with one attached hydrogen (secondary N) is 1. The van der Waals surface area contributed by atoms with Crippen LogP contribution in [-0.2, 0) is 0 Å². The van der Waals surface area contributed by atoms with E-state index in [1.807, 2.05) is 12.4 Å². The number of ether oxygens (including phenoxy) is 1. The molecule has 2 aromatic heterocycles. The van der Waals surface area contributed by atoms with Crippen molar-refractivity contribution in [2.45, 2.75) is 117 Å². The van der Waals surface area contributed by atoms with Gasteiger partial charge in [0.25, 0.3) is 0 Å². The molecule has 2 aromatic rings. The number of hydrogen-bond donors (Lipinski definition) is 1. The van der Waals surface area contributed by atoms with Gasteiger partial charge >= 0.3 is 11.7 Å². The quantitative estimate of drug-likeness (QED) is 0.305. The van der Waals surface area contributed by atoms with Crippen LogP contribution in [-0.4, -0.2) is 53.2 Å². The van der Waals surface area contributed by atoms with Crippen LogP contribution in [0.4, 0.5) is 11.4 Å². The Kier molecular flexibility index (Phi) is 13.0. The standard InChI is InChI=1S/C19H31N3O.C18H29N3O/c1-3-4-15-5-7-16(8-6-15)17-9-11-22(12-10-17)18-13-20-19(23-2)21-14-18;1-2-3-14-4-6-15(7-5-14)16-8-10-21(11-9-16)17-12-19-18(22)20-13-17/h13-17H,3-12H2,1-2H3;12-16H,2-11H2,1H3,(H,19,20,22). The number of nitrogens with zero attached hydrogens (tertiary/aromatic N) is 5. The van der Waals surface area contributed by atoms with Crippen molar-refractivity contribution in [2.24, 2.45) is 35.5 Å². The van der Waals surface area contributed by atoms with Crippen molar-refractivity contribution in [1.29, 1.82) is 0 Å². The van der Waals surface area contributed by atoms with Crippen molar-refractivity contribution >= 4 is 11.4 Å². The van der Waals surface area contributed by atoms with Crippen molar-refractivity contribution in [1.82, 2.24) is 19.9 Å². The molecule has 2 aliphatic carbocycles. The van der Waals surface area contributed by atoms with Gasteiger partial charge in [0, 0.05) is 32.4 Å². The van der Waals surface area contributed by atoms with Crippen molar-refractivity contribution in [2.75, 3.05) is 43.1 Å². The number of piperidine rings is 2. The first kappa shape index (κ1) is 33.7. The monoisotopic (exact) mass is 620 g/mol. The summed E-state index contributed by atoms with van der Waals surface area (Å²) >= 11 is 0. The molecular formula is C37H60N6O2. The lowest BCUT2D eigenvalue weighted by Crippen LogP contribution is -2.37. The van der Waals surface area contributed by atoms with E-state index < -0.39 is 0 Å². The van der Waals surface area contributed by atoms with Crippen molar-refractivity contribution < 1.29 is 4.74 Å². The van der Waals surface area contributed by atoms with E-state index in [0.717, 1.165) is 73.1 Å². The largest absolute Gasteiger partial charge is 0.467 e. The number of aromatic nitrogens is 4. The maximum absolute atomic E-state index is 11.1. The Morgan fingerprint density at radius 2 is 1.07 bits per heavy atom. The summed E-state index contributed by atoms with van der Waals surface area (Å²) < 4.78 is 5.04. The highest BCUT2D eigenvalue weighted by Crippen LogP contribution is 2.41. The summed E-state index contributed by atoms with van der Waals surface area (Å²) in [5.41, 5.74) is 1.93. The van der Waals surface area contributed by atoms with Gasteiger partial charge in [-0.25, -0.2) is 14.8 Å². The lowest BCUT2D eigenvalue weighted by molar-refractivity contribution is 0.175. The molecule has 0 unspecified atom stereocenters. The summed E-state index contributed by atoms with van der Waals surface area (Å²) in [7, 11) is 1.61. The van der Waals surface area contributed by atoms with Crippen LogP contribution in [0.25, 0.3) is 0 Å². The predicted octanol–water partition coefficient (Wildman–Crippen LogP) is 7.90. The molecule has 4 heterocycles. The van der Waals surface area contributed by atoms with Crippen LogP contribution in [0.1, 0.15) is 117 Å². The number of H-pyrrole nitrogens is 1. The van der Waals surface area contributed by atoms with Crippen LogP contribution in [0.15, 0.2) is 29.6 Å². The fraction of sp³-hybridized carbons (Fsp3) is 0.784. The van der Waals surface area contributed by atoms with Gasteiger partial charge in [-0.05, 0) is 86.9 Å². The normalized spacial score (nSPS) is 26.6. The van der Waals surface area contributed by atoms with E-state index in [1.165, 1.54) is 103 Å². The van der Waals surface area contributed by atoms with E-state index >= 15 is 0 Å². The van der Waals surface area contributed by atoms with Crippen molar-refractivity contribution in [3.8, 4) is 6.01 Å². The van der Waals surface area contributed by atoms with Crippen LogP contribution < -0.4 is 20.2 Å². The van der Waals surface area contributed by atoms with Crippen LogP contribution >= 0.6 is 0 Å². The first-order chi connectivity index (χ1) is 22.1. The molecule has 2 saturated heterocycles. The minimum Gasteiger partial charge on any atom is -0.467 e. The average molecular weight is 621 g/mol. The molecule has 6 rings (SSSR count). The van der Waals surface area contributed by atoms with E-state index in [-0.39, 0.29) is 5.69 Å². The number of hydrogen-bond acceptors (Lipinski definition) is 7. The molecule has 8 nitrogen and oxygen atoms in total. The van der Waals surface area contributed by atoms with Gasteiger partial charge in [-0.1, -0.05) is 65.2 Å². The molecule has 4 aliphatic rings. The zero-order valence-electron chi connectivity index (χ0n) is 28.5. The summed E-state index contributed by atoms with van der Waals surface area (Å²) in [5, 5.41) is 0. The highest BCUT2D eigenvalue weighted by atomic mass is 16.5. The van der Waals surface area contributed by atoms with E-state index in [4.69, 9.17) is 4.74 Å². The van der Waals surface area contributed by atoms with Gasteiger partial charge in [0.15, 0.2) is 0 Å². The van der Waals surface area contributed by atoms with E-state index in [2.05, 4.69) is 43.6 Å². The van der Waals surface area contributed by atoms with Crippen molar-refractivity contribution in [3.63, 3.8) is 0 Å². The Balaban J connectivity index is 0.000000178. The van der Waals surface area contributed by atoms with Gasteiger partial charge in [0.1, 0.15) is 0 Å². The first-order valence-electron chi connectivity index (χ1n) is 18.5. The van der Waals surface area contributed by atoms with Gasteiger partial charge in [0.05, 0.1) is 37.1 Å². The Hall–Kier alpha value is -2.64. The minimum absolute atomic E-state index is 0.262. The molecule has 8 heteroatoms. The predicted molar refractivity (Wildman–Crippen MR) is 184 cm³/mol. The van der Waals surface area contributed by atoms with Crippen molar-refractivity contribution in [3.05, 3.63) is 35.3 Å². The topological polar surface area (TPSA) is 87.2 Å². The molecule has 45 heavy (non-hydrogen) atoms. The van der Waals surface area contributed by atoms with Gasteiger partial charge in [-0.2, -0.15) is 4.98 Å². The second-order valence-corrected chi connectivity index (χ2v) is 14.5. The van der Waals surface area contributed by atoms with Crippen LogP contribution in [0.2, 0.25) is 0 Å². The molecule has 2 saturated carbocycles. The summed E-state index contributed by atoms with van der Waals surface area (Å²) in [6.07, 6.45) is 29.8. The molecule has 0 atom stereocenters. The molecule has 1 N–H and O–H groups in total.